The number of likely N-dealkylation sites (N-methyl/N-ethyl adjacent to an activating group) is 1. The molecule has 2 N–H and O–H groups in total. The molecule has 1 aromatic carbocycles. The summed E-state index contributed by atoms with van der Waals surface area (Å²) in [4.78, 5) is 16.4. The van der Waals surface area contributed by atoms with Crippen LogP contribution in [-0.4, -0.2) is 47.9 Å². The molecule has 4 nitrogen and oxygen atoms in total. The topological polar surface area (TPSA) is 49.6 Å². The van der Waals surface area contributed by atoms with Gasteiger partial charge in [-0.25, -0.2) is 0 Å². The van der Waals surface area contributed by atoms with Gasteiger partial charge in [0.15, 0.2) is 0 Å². The van der Waals surface area contributed by atoms with Crippen molar-refractivity contribution in [3.8, 4) is 0 Å². The lowest BCUT2D eigenvalue weighted by Crippen LogP contribution is -2.44. The lowest BCUT2D eigenvalue weighted by atomic mass is 10.1. The van der Waals surface area contributed by atoms with Gasteiger partial charge in [0.2, 0.25) is 5.91 Å². The van der Waals surface area contributed by atoms with Crippen LogP contribution in [0.2, 0.25) is 0 Å². The molecule has 1 saturated heterocycles. The van der Waals surface area contributed by atoms with E-state index in [4.69, 9.17) is 5.73 Å². The molecule has 116 valence electrons. The molecule has 0 spiro atoms. The zero-order valence-electron chi connectivity index (χ0n) is 13.2. The van der Waals surface area contributed by atoms with Crippen molar-refractivity contribution in [2.75, 3.05) is 26.2 Å². The second-order valence-corrected chi connectivity index (χ2v) is 6.04. The Morgan fingerprint density at radius 3 is 2.76 bits per heavy atom. The minimum absolute atomic E-state index is 0.0685. The zero-order chi connectivity index (χ0) is 15.2. The molecule has 0 saturated carbocycles. The van der Waals surface area contributed by atoms with E-state index in [9.17, 15) is 4.79 Å². The van der Waals surface area contributed by atoms with Crippen LogP contribution in [0.5, 0.6) is 0 Å². The maximum absolute atomic E-state index is 12.0. The Labute approximate surface area is 127 Å². The van der Waals surface area contributed by atoms with E-state index < -0.39 is 6.04 Å². The van der Waals surface area contributed by atoms with Gasteiger partial charge >= 0.3 is 0 Å². The van der Waals surface area contributed by atoms with Gasteiger partial charge in [0.05, 0.1) is 6.04 Å². The summed E-state index contributed by atoms with van der Waals surface area (Å²) >= 11 is 0. The smallest absolute Gasteiger partial charge is 0.239 e. The van der Waals surface area contributed by atoms with Crippen molar-refractivity contribution in [1.29, 1.82) is 0 Å². The number of benzene rings is 1. The Hall–Kier alpha value is -1.39. The van der Waals surface area contributed by atoms with Gasteiger partial charge in [-0.3, -0.25) is 9.69 Å². The van der Waals surface area contributed by atoms with E-state index in [1.165, 1.54) is 5.56 Å². The third-order valence-electron chi connectivity index (χ3n) is 4.18. The highest BCUT2D eigenvalue weighted by molar-refractivity contribution is 5.81. The molecule has 2 rings (SSSR count). The van der Waals surface area contributed by atoms with Gasteiger partial charge in [0, 0.05) is 26.2 Å². The normalized spacial score (nSPS) is 20.4. The molecule has 1 aliphatic heterocycles. The fourth-order valence-electron chi connectivity index (χ4n) is 3.02. The summed E-state index contributed by atoms with van der Waals surface area (Å²) in [6.45, 7) is 8.56. The first-order valence-electron chi connectivity index (χ1n) is 7.90. The maximum atomic E-state index is 12.0. The first kappa shape index (κ1) is 16.0. The Kier molecular flexibility index (Phi) is 5.76. The van der Waals surface area contributed by atoms with Crippen LogP contribution in [0.15, 0.2) is 30.3 Å². The minimum Gasteiger partial charge on any atom is -0.341 e. The van der Waals surface area contributed by atoms with Gasteiger partial charge in [-0.1, -0.05) is 30.3 Å². The van der Waals surface area contributed by atoms with E-state index in [0.717, 1.165) is 39.1 Å². The van der Waals surface area contributed by atoms with Crippen LogP contribution in [0.4, 0.5) is 0 Å². The molecule has 2 unspecified atom stereocenters. The minimum atomic E-state index is -0.397. The summed E-state index contributed by atoms with van der Waals surface area (Å²) in [5.74, 6) is 0.635. The SMILES string of the molecule is CCN(CC1CCN(Cc2ccccc2)C1)C(=O)C(C)N. The molecule has 1 aromatic rings. The molecule has 1 aliphatic rings. The zero-order valence-corrected chi connectivity index (χ0v) is 13.2. The Morgan fingerprint density at radius 1 is 1.43 bits per heavy atom. The molecule has 0 aromatic heterocycles. The standard InChI is InChI=1S/C17H27N3O/c1-3-20(17(21)14(2)18)13-16-9-10-19(12-16)11-15-7-5-4-6-8-15/h4-8,14,16H,3,9-13,18H2,1-2H3. The third-order valence-corrected chi connectivity index (χ3v) is 4.18. The Bertz CT molecular complexity index is 447. The molecule has 21 heavy (non-hydrogen) atoms. The number of carbonyl (C=O) groups is 1. The van der Waals surface area contributed by atoms with Crippen molar-refractivity contribution in [1.82, 2.24) is 9.80 Å². The molecule has 1 fully saturated rings. The van der Waals surface area contributed by atoms with Crippen molar-refractivity contribution in [3.63, 3.8) is 0 Å². The molecule has 4 heteroatoms. The highest BCUT2D eigenvalue weighted by atomic mass is 16.2. The fraction of sp³-hybridized carbons (Fsp3) is 0.588. The number of likely N-dealkylation sites (tertiary alicyclic amines) is 1. The molecule has 0 bridgehead atoms. The van der Waals surface area contributed by atoms with E-state index >= 15 is 0 Å². The quantitative estimate of drug-likeness (QED) is 0.867. The maximum Gasteiger partial charge on any atom is 0.239 e. The second-order valence-electron chi connectivity index (χ2n) is 6.04. The van der Waals surface area contributed by atoms with Crippen molar-refractivity contribution < 1.29 is 4.79 Å². The predicted molar refractivity (Wildman–Crippen MR) is 85.7 cm³/mol. The number of rotatable bonds is 6. The lowest BCUT2D eigenvalue weighted by molar-refractivity contribution is -0.132. The first-order valence-corrected chi connectivity index (χ1v) is 7.90. The van der Waals surface area contributed by atoms with Gasteiger partial charge in [0.25, 0.3) is 0 Å². The third kappa shape index (κ3) is 4.55. The number of carbonyl (C=O) groups excluding carboxylic acids is 1. The van der Waals surface area contributed by atoms with Crippen LogP contribution in [0.25, 0.3) is 0 Å². The molecular weight excluding hydrogens is 262 g/mol. The molecule has 0 aliphatic carbocycles. The van der Waals surface area contributed by atoms with Crippen molar-refractivity contribution in [2.45, 2.75) is 32.9 Å². The van der Waals surface area contributed by atoms with Crippen molar-refractivity contribution in [3.05, 3.63) is 35.9 Å². The summed E-state index contributed by atoms with van der Waals surface area (Å²) in [5, 5.41) is 0. The van der Waals surface area contributed by atoms with Gasteiger partial charge < -0.3 is 10.6 Å². The number of amides is 1. The van der Waals surface area contributed by atoms with Crippen LogP contribution in [0.1, 0.15) is 25.8 Å². The highest BCUT2D eigenvalue weighted by Crippen LogP contribution is 2.20. The molecule has 2 atom stereocenters. The number of nitrogens with zero attached hydrogens (tertiary/aromatic N) is 2. The van der Waals surface area contributed by atoms with E-state index in [1.54, 1.807) is 6.92 Å². The van der Waals surface area contributed by atoms with Gasteiger partial charge in [-0.15, -0.1) is 0 Å². The van der Waals surface area contributed by atoms with Crippen LogP contribution < -0.4 is 5.73 Å². The average Bonchev–Trinajstić information content (AvgIpc) is 2.92. The summed E-state index contributed by atoms with van der Waals surface area (Å²) in [5.41, 5.74) is 7.07. The Morgan fingerprint density at radius 2 is 2.14 bits per heavy atom. The molecule has 1 heterocycles. The van der Waals surface area contributed by atoms with Crippen LogP contribution >= 0.6 is 0 Å². The van der Waals surface area contributed by atoms with Gasteiger partial charge in [0.1, 0.15) is 0 Å². The highest BCUT2D eigenvalue weighted by Gasteiger charge is 2.26. The summed E-state index contributed by atoms with van der Waals surface area (Å²) in [6, 6.07) is 10.2. The van der Waals surface area contributed by atoms with Crippen LogP contribution in [0, 0.1) is 5.92 Å². The summed E-state index contributed by atoms with van der Waals surface area (Å²) in [7, 11) is 0. The van der Waals surface area contributed by atoms with Gasteiger partial charge in [-0.05, 0) is 38.3 Å². The van der Waals surface area contributed by atoms with E-state index in [0.29, 0.717) is 5.92 Å². The van der Waals surface area contributed by atoms with Crippen molar-refractivity contribution >= 4 is 5.91 Å². The summed E-state index contributed by atoms with van der Waals surface area (Å²) in [6.07, 6.45) is 1.16. The second kappa shape index (κ2) is 7.57. The average molecular weight is 289 g/mol. The number of nitrogens with two attached hydrogens (primary N) is 1. The largest absolute Gasteiger partial charge is 0.341 e. The number of hydrogen-bond acceptors (Lipinski definition) is 3. The molecular formula is C17H27N3O. The predicted octanol–water partition coefficient (Wildman–Crippen LogP) is 1.70. The first-order chi connectivity index (χ1) is 10.1. The Balaban J connectivity index is 1.83. The van der Waals surface area contributed by atoms with Crippen molar-refractivity contribution in [2.24, 2.45) is 11.7 Å². The van der Waals surface area contributed by atoms with E-state index in [1.807, 2.05) is 11.8 Å². The van der Waals surface area contributed by atoms with E-state index in [2.05, 4.69) is 35.2 Å². The fourth-order valence-corrected chi connectivity index (χ4v) is 3.02. The lowest BCUT2D eigenvalue weighted by Gasteiger charge is -2.26. The molecule has 1 amide bonds. The number of hydrogen-bond donors (Lipinski definition) is 1. The monoisotopic (exact) mass is 289 g/mol. The van der Waals surface area contributed by atoms with Crippen LogP contribution in [-0.2, 0) is 11.3 Å². The van der Waals surface area contributed by atoms with E-state index in [-0.39, 0.29) is 5.91 Å². The molecule has 0 radical (unpaired) electrons. The van der Waals surface area contributed by atoms with Crippen LogP contribution in [0.3, 0.4) is 0 Å². The van der Waals surface area contributed by atoms with Gasteiger partial charge in [-0.2, -0.15) is 0 Å². The summed E-state index contributed by atoms with van der Waals surface area (Å²) < 4.78 is 0.